The Morgan fingerprint density at radius 2 is 1.59 bits per heavy atom. The minimum absolute atomic E-state index is 0.0775. The molecule has 34 heavy (non-hydrogen) atoms. The van der Waals surface area contributed by atoms with E-state index in [2.05, 4.69) is 29.7 Å². The molecule has 2 amide bonds. The number of rotatable bonds is 7. The van der Waals surface area contributed by atoms with E-state index in [0.29, 0.717) is 18.8 Å². The maximum Gasteiger partial charge on any atom is 0.407 e. The van der Waals surface area contributed by atoms with Crippen molar-refractivity contribution in [2.45, 2.75) is 63.5 Å². The zero-order chi connectivity index (χ0) is 24.3. The second-order valence-corrected chi connectivity index (χ2v) is 9.42. The van der Waals surface area contributed by atoms with Crippen LogP contribution in [0.25, 0.3) is 11.1 Å². The van der Waals surface area contributed by atoms with E-state index in [0.717, 1.165) is 41.5 Å². The minimum atomic E-state index is -1.28. The topological polar surface area (TPSA) is 105 Å². The molecule has 3 N–H and O–H groups in total. The summed E-state index contributed by atoms with van der Waals surface area (Å²) < 4.78 is 5.51. The lowest BCUT2D eigenvalue weighted by atomic mass is 9.75. The molecule has 0 aliphatic heterocycles. The molecular formula is C27H32N2O5. The SMILES string of the molecule is CCC1CCC(NC(=O)[C@H](C)NC(=O)OCC2c3ccccc3-c3ccccc32)(C(=O)O)CC1. The molecule has 0 radical (unpaired) electrons. The number of hydrogen-bond donors (Lipinski definition) is 3. The molecule has 2 aliphatic carbocycles. The number of fused-ring (bicyclic) bond motifs is 3. The number of carboxylic acid groups (broad SMARTS) is 1. The predicted molar refractivity (Wildman–Crippen MR) is 128 cm³/mol. The van der Waals surface area contributed by atoms with Gasteiger partial charge in [-0.3, -0.25) is 4.79 Å². The van der Waals surface area contributed by atoms with E-state index in [9.17, 15) is 19.5 Å². The van der Waals surface area contributed by atoms with Crippen molar-refractivity contribution in [1.29, 1.82) is 0 Å². The molecule has 0 unspecified atom stereocenters. The van der Waals surface area contributed by atoms with Gasteiger partial charge in [-0.05, 0) is 60.8 Å². The van der Waals surface area contributed by atoms with Crippen LogP contribution in [-0.2, 0) is 14.3 Å². The van der Waals surface area contributed by atoms with E-state index in [1.807, 2.05) is 36.4 Å². The third-order valence-corrected chi connectivity index (χ3v) is 7.38. The van der Waals surface area contributed by atoms with Crippen molar-refractivity contribution in [1.82, 2.24) is 10.6 Å². The highest BCUT2D eigenvalue weighted by atomic mass is 16.5. The largest absolute Gasteiger partial charge is 0.480 e. The van der Waals surface area contributed by atoms with E-state index in [4.69, 9.17) is 4.74 Å². The summed E-state index contributed by atoms with van der Waals surface area (Å²) in [6.07, 6.45) is 2.61. The van der Waals surface area contributed by atoms with Crippen molar-refractivity contribution < 1.29 is 24.2 Å². The number of ether oxygens (including phenoxy) is 1. The van der Waals surface area contributed by atoms with E-state index >= 15 is 0 Å². The van der Waals surface area contributed by atoms with Crippen LogP contribution in [0.5, 0.6) is 0 Å². The Bertz CT molecular complexity index is 1030. The van der Waals surface area contributed by atoms with Crippen molar-refractivity contribution >= 4 is 18.0 Å². The van der Waals surface area contributed by atoms with Gasteiger partial charge >= 0.3 is 12.1 Å². The smallest absolute Gasteiger partial charge is 0.407 e. The van der Waals surface area contributed by atoms with Gasteiger partial charge in [0.1, 0.15) is 18.2 Å². The summed E-state index contributed by atoms with van der Waals surface area (Å²) in [5.41, 5.74) is 3.20. The zero-order valence-corrected chi connectivity index (χ0v) is 19.7. The predicted octanol–water partition coefficient (Wildman–Crippen LogP) is 4.45. The lowest BCUT2D eigenvalue weighted by molar-refractivity contribution is -0.150. The molecule has 0 heterocycles. The Balaban J connectivity index is 1.34. The Hall–Kier alpha value is -3.35. The first-order valence-corrected chi connectivity index (χ1v) is 12.0. The highest BCUT2D eigenvalue weighted by Gasteiger charge is 2.43. The number of carboxylic acids is 1. The number of alkyl carbamates (subject to hydrolysis) is 1. The second kappa shape index (κ2) is 9.87. The van der Waals surface area contributed by atoms with Gasteiger partial charge in [0.05, 0.1) is 0 Å². The monoisotopic (exact) mass is 464 g/mol. The van der Waals surface area contributed by atoms with E-state index in [1.54, 1.807) is 0 Å². The van der Waals surface area contributed by atoms with Crippen molar-refractivity contribution in [3.63, 3.8) is 0 Å². The lowest BCUT2D eigenvalue weighted by Crippen LogP contribution is -2.60. The van der Waals surface area contributed by atoms with Crippen molar-refractivity contribution in [3.8, 4) is 11.1 Å². The highest BCUT2D eigenvalue weighted by molar-refractivity contribution is 5.91. The third-order valence-electron chi connectivity index (χ3n) is 7.38. The van der Waals surface area contributed by atoms with Crippen LogP contribution >= 0.6 is 0 Å². The Kier molecular flexibility index (Phi) is 6.91. The normalized spacial score (nSPS) is 22.2. The molecule has 180 valence electrons. The maximum absolute atomic E-state index is 12.8. The number of hydrogen-bond acceptors (Lipinski definition) is 4. The fourth-order valence-electron chi connectivity index (χ4n) is 5.20. The first kappa shape index (κ1) is 23.8. The molecule has 7 nitrogen and oxygen atoms in total. The van der Waals surface area contributed by atoms with Gasteiger partial charge in [-0.25, -0.2) is 9.59 Å². The fraction of sp³-hybridized carbons (Fsp3) is 0.444. The highest BCUT2D eigenvalue weighted by Crippen LogP contribution is 2.44. The van der Waals surface area contributed by atoms with Gasteiger partial charge in [-0.1, -0.05) is 61.9 Å². The van der Waals surface area contributed by atoms with Crippen LogP contribution in [0, 0.1) is 5.92 Å². The quantitative estimate of drug-likeness (QED) is 0.561. The fourth-order valence-corrected chi connectivity index (χ4v) is 5.20. The van der Waals surface area contributed by atoms with Gasteiger partial charge in [-0.2, -0.15) is 0 Å². The number of carbonyl (C=O) groups excluding carboxylic acids is 2. The third kappa shape index (κ3) is 4.65. The summed E-state index contributed by atoms with van der Waals surface area (Å²) >= 11 is 0. The van der Waals surface area contributed by atoms with Crippen LogP contribution in [0.3, 0.4) is 0 Å². The van der Waals surface area contributed by atoms with Crippen molar-refractivity contribution in [2.75, 3.05) is 6.61 Å². The van der Waals surface area contributed by atoms with Crippen molar-refractivity contribution in [3.05, 3.63) is 59.7 Å². The Labute approximate surface area is 199 Å². The summed E-state index contributed by atoms with van der Waals surface area (Å²) in [4.78, 5) is 37.2. The van der Waals surface area contributed by atoms with Gasteiger partial charge < -0.3 is 20.5 Å². The molecule has 0 saturated heterocycles. The molecule has 0 bridgehead atoms. The average molecular weight is 465 g/mol. The summed E-state index contributed by atoms with van der Waals surface area (Å²) in [5, 5.41) is 15.0. The number of amides is 2. The first-order valence-electron chi connectivity index (χ1n) is 12.0. The standard InChI is InChI=1S/C27H32N2O5/c1-3-18-12-14-27(15-13-18,25(31)32)29-24(30)17(2)28-26(33)34-16-23-21-10-6-4-8-19(21)20-9-5-7-11-22(20)23/h4-11,17-18,23H,3,12-16H2,1-2H3,(H,28,33)(H,29,30)(H,31,32)/t17-,18?,27?/m0/s1. The number of benzene rings is 2. The summed E-state index contributed by atoms with van der Waals surface area (Å²) in [6.45, 7) is 3.77. The van der Waals surface area contributed by atoms with Crippen molar-refractivity contribution in [2.24, 2.45) is 5.92 Å². The van der Waals surface area contributed by atoms with Crippen LogP contribution < -0.4 is 10.6 Å². The molecule has 0 spiro atoms. The summed E-state index contributed by atoms with van der Waals surface area (Å²) in [6, 6.07) is 15.2. The number of nitrogens with one attached hydrogen (secondary N) is 2. The molecule has 2 aliphatic rings. The number of aliphatic carboxylic acids is 1. The molecular weight excluding hydrogens is 432 g/mol. The Morgan fingerprint density at radius 1 is 1.03 bits per heavy atom. The van der Waals surface area contributed by atoms with Gasteiger partial charge in [0.15, 0.2) is 0 Å². The molecule has 1 atom stereocenters. The van der Waals surface area contributed by atoms with Gasteiger partial charge in [0.2, 0.25) is 5.91 Å². The lowest BCUT2D eigenvalue weighted by Gasteiger charge is -2.37. The molecule has 4 rings (SSSR count). The first-order chi connectivity index (χ1) is 16.3. The van der Waals surface area contributed by atoms with Crippen LogP contribution in [0.4, 0.5) is 4.79 Å². The van der Waals surface area contributed by atoms with Crippen LogP contribution in [0.15, 0.2) is 48.5 Å². The number of carbonyl (C=O) groups is 3. The zero-order valence-electron chi connectivity index (χ0n) is 19.7. The van der Waals surface area contributed by atoms with Gasteiger partial charge in [0.25, 0.3) is 0 Å². The average Bonchev–Trinajstić information content (AvgIpc) is 3.16. The maximum atomic E-state index is 12.8. The minimum Gasteiger partial charge on any atom is -0.480 e. The second-order valence-electron chi connectivity index (χ2n) is 9.42. The van der Waals surface area contributed by atoms with Crippen LogP contribution in [0.2, 0.25) is 0 Å². The molecule has 7 heteroatoms. The summed E-state index contributed by atoms with van der Waals surface area (Å²) in [5.74, 6) is -1.14. The summed E-state index contributed by atoms with van der Waals surface area (Å²) in [7, 11) is 0. The molecule has 1 saturated carbocycles. The molecule has 2 aromatic carbocycles. The Morgan fingerprint density at radius 3 is 2.12 bits per heavy atom. The van der Waals surface area contributed by atoms with E-state index < -0.39 is 29.6 Å². The van der Waals surface area contributed by atoms with Gasteiger partial charge in [0, 0.05) is 5.92 Å². The van der Waals surface area contributed by atoms with Gasteiger partial charge in [-0.15, -0.1) is 0 Å². The molecule has 2 aromatic rings. The van der Waals surface area contributed by atoms with Crippen LogP contribution in [-0.4, -0.2) is 41.3 Å². The molecule has 1 fully saturated rings. The van der Waals surface area contributed by atoms with E-state index in [1.165, 1.54) is 6.92 Å². The van der Waals surface area contributed by atoms with Crippen LogP contribution in [0.1, 0.15) is 63.0 Å². The molecule has 0 aromatic heterocycles. The van der Waals surface area contributed by atoms with E-state index in [-0.39, 0.29) is 12.5 Å².